The molecule has 2 rings (SSSR count). The molecule has 0 spiro atoms. The third-order valence-corrected chi connectivity index (χ3v) is 2.21. The lowest BCUT2D eigenvalue weighted by molar-refractivity contribution is 0.412. The van der Waals surface area contributed by atoms with E-state index in [-0.39, 0.29) is 0 Å². The molecule has 74 valence electrons. The zero-order valence-electron chi connectivity index (χ0n) is 8.13. The van der Waals surface area contributed by atoms with Gasteiger partial charge in [-0.05, 0) is 6.07 Å². The monoisotopic (exact) mass is 192 g/mol. The summed E-state index contributed by atoms with van der Waals surface area (Å²) in [5, 5.41) is 0.935. The Bertz CT molecular complexity index is 462. The Morgan fingerprint density at radius 1 is 1.29 bits per heavy atom. The largest absolute Gasteiger partial charge is 0.494 e. The van der Waals surface area contributed by atoms with Crippen molar-refractivity contribution in [2.45, 2.75) is 0 Å². The SMILES string of the molecule is COc1c(N)cc(OC)c2[nH]ccc12. The lowest BCUT2D eigenvalue weighted by atomic mass is 10.2. The van der Waals surface area contributed by atoms with Crippen molar-refractivity contribution >= 4 is 16.6 Å². The summed E-state index contributed by atoms with van der Waals surface area (Å²) >= 11 is 0. The smallest absolute Gasteiger partial charge is 0.151 e. The van der Waals surface area contributed by atoms with Gasteiger partial charge in [-0.25, -0.2) is 0 Å². The summed E-state index contributed by atoms with van der Waals surface area (Å²) in [6, 6.07) is 3.66. The fraction of sp³-hybridized carbons (Fsp3) is 0.200. The molecule has 0 atom stereocenters. The molecule has 1 aromatic heterocycles. The second kappa shape index (κ2) is 3.14. The van der Waals surface area contributed by atoms with Crippen LogP contribution in [0, 0.1) is 0 Å². The van der Waals surface area contributed by atoms with Crippen LogP contribution in [0.5, 0.6) is 11.5 Å². The zero-order valence-corrected chi connectivity index (χ0v) is 8.13. The molecule has 0 fully saturated rings. The molecule has 2 aromatic rings. The van der Waals surface area contributed by atoms with Crippen molar-refractivity contribution in [1.29, 1.82) is 0 Å². The first-order valence-corrected chi connectivity index (χ1v) is 4.25. The highest BCUT2D eigenvalue weighted by Crippen LogP contribution is 2.37. The Hall–Kier alpha value is -1.84. The number of nitrogens with one attached hydrogen (secondary N) is 1. The highest BCUT2D eigenvalue weighted by molar-refractivity contribution is 5.95. The Morgan fingerprint density at radius 2 is 2.07 bits per heavy atom. The molecule has 0 saturated carbocycles. The first kappa shape index (κ1) is 8.74. The number of nitrogens with two attached hydrogens (primary N) is 1. The number of fused-ring (bicyclic) bond motifs is 1. The third-order valence-electron chi connectivity index (χ3n) is 2.21. The molecule has 0 bridgehead atoms. The second-order valence-corrected chi connectivity index (χ2v) is 2.97. The highest BCUT2D eigenvalue weighted by Gasteiger charge is 2.11. The van der Waals surface area contributed by atoms with Gasteiger partial charge in [0.25, 0.3) is 0 Å². The van der Waals surface area contributed by atoms with Crippen LogP contribution in [0.1, 0.15) is 0 Å². The van der Waals surface area contributed by atoms with E-state index in [2.05, 4.69) is 4.98 Å². The maximum Gasteiger partial charge on any atom is 0.151 e. The predicted octanol–water partition coefficient (Wildman–Crippen LogP) is 1.77. The number of H-pyrrole nitrogens is 1. The van der Waals surface area contributed by atoms with E-state index in [0.717, 1.165) is 16.7 Å². The lowest BCUT2D eigenvalue weighted by Gasteiger charge is -2.09. The van der Waals surface area contributed by atoms with Crippen LogP contribution in [-0.2, 0) is 0 Å². The average Bonchev–Trinajstić information content (AvgIpc) is 2.65. The van der Waals surface area contributed by atoms with Crippen LogP contribution < -0.4 is 15.2 Å². The van der Waals surface area contributed by atoms with Crippen LogP contribution in [0.3, 0.4) is 0 Å². The topological polar surface area (TPSA) is 60.3 Å². The van der Waals surface area contributed by atoms with Crippen molar-refractivity contribution < 1.29 is 9.47 Å². The molecule has 1 heterocycles. The van der Waals surface area contributed by atoms with Gasteiger partial charge in [0.1, 0.15) is 5.75 Å². The Labute approximate surface area is 81.6 Å². The van der Waals surface area contributed by atoms with Gasteiger partial charge in [-0.3, -0.25) is 0 Å². The fourth-order valence-electron chi connectivity index (χ4n) is 1.59. The van der Waals surface area contributed by atoms with Crippen LogP contribution in [0.2, 0.25) is 0 Å². The second-order valence-electron chi connectivity index (χ2n) is 2.97. The molecule has 3 N–H and O–H groups in total. The molecule has 4 nitrogen and oxygen atoms in total. The van der Waals surface area contributed by atoms with E-state index in [4.69, 9.17) is 15.2 Å². The molecule has 0 unspecified atom stereocenters. The van der Waals surface area contributed by atoms with E-state index < -0.39 is 0 Å². The van der Waals surface area contributed by atoms with Gasteiger partial charge in [0, 0.05) is 17.6 Å². The van der Waals surface area contributed by atoms with Crippen LogP contribution in [0.15, 0.2) is 18.3 Å². The minimum Gasteiger partial charge on any atom is -0.494 e. The van der Waals surface area contributed by atoms with E-state index >= 15 is 0 Å². The third kappa shape index (κ3) is 1.08. The molecule has 0 radical (unpaired) electrons. The Balaban J connectivity index is 2.81. The summed E-state index contributed by atoms with van der Waals surface area (Å²) in [4.78, 5) is 3.08. The molecular formula is C10H12N2O2. The van der Waals surface area contributed by atoms with Gasteiger partial charge in [-0.15, -0.1) is 0 Å². The first-order valence-electron chi connectivity index (χ1n) is 4.25. The van der Waals surface area contributed by atoms with Gasteiger partial charge in [-0.2, -0.15) is 0 Å². The van der Waals surface area contributed by atoms with E-state index in [1.807, 2.05) is 12.3 Å². The molecule has 0 amide bonds. The number of hydrogen-bond acceptors (Lipinski definition) is 3. The quantitative estimate of drug-likeness (QED) is 0.713. The predicted molar refractivity (Wildman–Crippen MR) is 55.8 cm³/mol. The van der Waals surface area contributed by atoms with Crippen molar-refractivity contribution in [2.75, 3.05) is 20.0 Å². The summed E-state index contributed by atoms with van der Waals surface area (Å²) in [5.74, 6) is 1.41. The van der Waals surface area contributed by atoms with Gasteiger partial charge < -0.3 is 20.2 Å². The molecule has 0 aliphatic rings. The molecule has 1 aromatic carbocycles. The van der Waals surface area contributed by atoms with Gasteiger partial charge in [0.2, 0.25) is 0 Å². The normalized spacial score (nSPS) is 10.4. The van der Waals surface area contributed by atoms with Crippen molar-refractivity contribution in [3.05, 3.63) is 18.3 Å². The van der Waals surface area contributed by atoms with E-state index in [9.17, 15) is 0 Å². The van der Waals surface area contributed by atoms with Crippen LogP contribution in [-0.4, -0.2) is 19.2 Å². The van der Waals surface area contributed by atoms with Crippen molar-refractivity contribution in [3.8, 4) is 11.5 Å². The Kier molecular flexibility index (Phi) is 1.96. The molecule has 0 aliphatic heterocycles. The van der Waals surface area contributed by atoms with Crippen molar-refractivity contribution in [3.63, 3.8) is 0 Å². The maximum absolute atomic E-state index is 5.81. The average molecular weight is 192 g/mol. The lowest BCUT2D eigenvalue weighted by Crippen LogP contribution is -1.95. The first-order chi connectivity index (χ1) is 6.77. The summed E-state index contributed by atoms with van der Waals surface area (Å²) in [6.07, 6.45) is 1.83. The number of rotatable bonds is 2. The van der Waals surface area contributed by atoms with E-state index in [1.165, 1.54) is 0 Å². The summed E-state index contributed by atoms with van der Waals surface area (Å²) in [5.41, 5.74) is 7.30. The summed E-state index contributed by atoms with van der Waals surface area (Å²) < 4.78 is 10.4. The summed E-state index contributed by atoms with van der Waals surface area (Å²) in [6.45, 7) is 0. The van der Waals surface area contributed by atoms with Gasteiger partial charge >= 0.3 is 0 Å². The van der Waals surface area contributed by atoms with Gasteiger partial charge in [0.15, 0.2) is 5.75 Å². The van der Waals surface area contributed by atoms with Crippen LogP contribution in [0.4, 0.5) is 5.69 Å². The number of aromatic nitrogens is 1. The number of aromatic amines is 1. The number of hydrogen-bond donors (Lipinski definition) is 2. The maximum atomic E-state index is 5.81. The summed E-state index contributed by atoms with van der Waals surface area (Å²) in [7, 11) is 3.21. The number of anilines is 1. The standard InChI is InChI=1S/C10H12N2O2/c1-13-8-5-7(11)10(14-2)6-3-4-12-9(6)8/h3-5,12H,11H2,1-2H3. The van der Waals surface area contributed by atoms with Gasteiger partial charge in [-0.1, -0.05) is 0 Å². The molecular weight excluding hydrogens is 180 g/mol. The zero-order chi connectivity index (χ0) is 10.1. The highest BCUT2D eigenvalue weighted by atomic mass is 16.5. The minimum absolute atomic E-state index is 0.580. The van der Waals surface area contributed by atoms with E-state index in [0.29, 0.717) is 11.4 Å². The fourth-order valence-corrected chi connectivity index (χ4v) is 1.59. The molecule has 0 aliphatic carbocycles. The molecule has 14 heavy (non-hydrogen) atoms. The van der Waals surface area contributed by atoms with E-state index in [1.54, 1.807) is 20.3 Å². The number of nitrogen functional groups attached to an aromatic ring is 1. The van der Waals surface area contributed by atoms with Gasteiger partial charge in [0.05, 0.1) is 25.4 Å². The number of benzene rings is 1. The van der Waals surface area contributed by atoms with Crippen LogP contribution >= 0.6 is 0 Å². The number of methoxy groups -OCH3 is 2. The van der Waals surface area contributed by atoms with Crippen molar-refractivity contribution in [1.82, 2.24) is 4.98 Å². The minimum atomic E-state index is 0.580. The molecule has 4 heteroatoms. The van der Waals surface area contributed by atoms with Crippen LogP contribution in [0.25, 0.3) is 10.9 Å². The van der Waals surface area contributed by atoms with Crippen molar-refractivity contribution in [2.24, 2.45) is 0 Å². The number of ether oxygens (including phenoxy) is 2. The molecule has 0 saturated heterocycles. The Morgan fingerprint density at radius 3 is 2.71 bits per heavy atom.